The third-order valence-electron chi connectivity index (χ3n) is 5.29. The molecule has 160 valence electrons. The second-order valence-electron chi connectivity index (χ2n) is 7.39. The Morgan fingerprint density at radius 2 is 1.91 bits per heavy atom. The van der Waals surface area contributed by atoms with Crippen molar-refractivity contribution in [3.8, 4) is 17.2 Å². The van der Waals surface area contributed by atoms with E-state index in [9.17, 15) is 19.9 Å². The lowest BCUT2D eigenvalue weighted by Crippen LogP contribution is -2.22. The van der Waals surface area contributed by atoms with E-state index < -0.39 is 18.0 Å². The summed E-state index contributed by atoms with van der Waals surface area (Å²) in [5.74, 6) is 0.210. The molecule has 0 aliphatic carbocycles. The van der Waals surface area contributed by atoms with E-state index in [4.69, 9.17) is 0 Å². The fourth-order valence-corrected chi connectivity index (χ4v) is 4.63. The molecule has 0 spiro atoms. The number of nitriles is 1. The number of nitrogens with zero attached hydrogens (tertiary/aromatic N) is 6. The van der Waals surface area contributed by atoms with Crippen LogP contribution in [0.25, 0.3) is 16.6 Å². The first-order valence-electron chi connectivity index (χ1n) is 9.81. The zero-order valence-electron chi connectivity index (χ0n) is 16.6. The average Bonchev–Trinajstić information content (AvgIpc) is 3.38. The summed E-state index contributed by atoms with van der Waals surface area (Å²) in [6.45, 7) is 0.639. The molecule has 5 heterocycles. The zero-order valence-corrected chi connectivity index (χ0v) is 17.4. The molecule has 2 N–H and O–H groups in total. The van der Waals surface area contributed by atoms with Gasteiger partial charge in [-0.3, -0.25) is 0 Å². The van der Waals surface area contributed by atoms with Crippen molar-refractivity contribution in [2.75, 3.05) is 18.0 Å². The van der Waals surface area contributed by atoms with Gasteiger partial charge in [0.1, 0.15) is 16.9 Å². The van der Waals surface area contributed by atoms with Gasteiger partial charge in [-0.25, -0.2) is 18.9 Å². The van der Waals surface area contributed by atoms with Crippen LogP contribution in [0.5, 0.6) is 0 Å². The molecule has 0 radical (unpaired) electrons. The standard InChI is InChI=1S/C22H17FN6O2S/c23-16-2-1-5-25-22(16)32-19-6-14(10-29-21(19)15(7-24)9-27-29)13-3-4-20(26-8-13)28-11-17(30)18(31)12-28/h1-6,8-10,17-18,30-31H,11-12H2/t17-,18-/m0/s1. The summed E-state index contributed by atoms with van der Waals surface area (Å²) in [6.07, 6.45) is 4.89. The van der Waals surface area contributed by atoms with Gasteiger partial charge in [0.15, 0.2) is 5.82 Å². The van der Waals surface area contributed by atoms with E-state index in [0.717, 1.165) is 22.9 Å². The lowest BCUT2D eigenvalue weighted by atomic mass is 10.1. The Labute approximate surface area is 186 Å². The van der Waals surface area contributed by atoms with Gasteiger partial charge >= 0.3 is 0 Å². The van der Waals surface area contributed by atoms with Crippen LogP contribution in [0.4, 0.5) is 10.2 Å². The van der Waals surface area contributed by atoms with Crippen LogP contribution >= 0.6 is 11.8 Å². The minimum Gasteiger partial charge on any atom is -0.389 e. The van der Waals surface area contributed by atoms with Gasteiger partial charge in [-0.15, -0.1) is 0 Å². The molecule has 1 saturated heterocycles. The number of halogens is 1. The maximum absolute atomic E-state index is 14.2. The van der Waals surface area contributed by atoms with Gasteiger partial charge in [0.05, 0.1) is 29.5 Å². The largest absolute Gasteiger partial charge is 0.389 e. The van der Waals surface area contributed by atoms with E-state index in [1.54, 1.807) is 16.9 Å². The molecule has 32 heavy (non-hydrogen) atoms. The number of anilines is 1. The highest BCUT2D eigenvalue weighted by molar-refractivity contribution is 7.99. The molecule has 4 aromatic rings. The SMILES string of the molecule is N#Cc1cnn2cc(-c3ccc(N4C[C@H](O)[C@@H](O)C4)nc3)cc(Sc3ncccc3F)c12. The lowest BCUT2D eigenvalue weighted by Gasteiger charge is -2.16. The second kappa shape index (κ2) is 8.20. The number of fused-ring (bicyclic) bond motifs is 1. The van der Waals surface area contributed by atoms with Crippen LogP contribution in [-0.2, 0) is 0 Å². The van der Waals surface area contributed by atoms with Crippen LogP contribution in [0.2, 0.25) is 0 Å². The minimum absolute atomic E-state index is 0.205. The summed E-state index contributed by atoms with van der Waals surface area (Å²) in [5, 5.41) is 33.5. The van der Waals surface area contributed by atoms with Crippen LogP contribution in [0, 0.1) is 17.1 Å². The first kappa shape index (κ1) is 20.4. The molecule has 5 rings (SSSR count). The lowest BCUT2D eigenvalue weighted by molar-refractivity contribution is 0.0572. The number of rotatable bonds is 4. The molecule has 0 saturated carbocycles. The van der Waals surface area contributed by atoms with E-state index in [-0.39, 0.29) is 5.03 Å². The van der Waals surface area contributed by atoms with Crippen molar-refractivity contribution in [3.05, 3.63) is 66.5 Å². The molecule has 10 heteroatoms. The Balaban J connectivity index is 1.53. The smallest absolute Gasteiger partial charge is 0.155 e. The molecule has 2 atom stereocenters. The molecular weight excluding hydrogens is 431 g/mol. The topological polar surface area (TPSA) is 111 Å². The maximum atomic E-state index is 14.2. The van der Waals surface area contributed by atoms with E-state index in [2.05, 4.69) is 21.1 Å². The van der Waals surface area contributed by atoms with Crippen molar-refractivity contribution in [1.29, 1.82) is 5.26 Å². The highest BCUT2D eigenvalue weighted by atomic mass is 32.2. The Morgan fingerprint density at radius 3 is 2.59 bits per heavy atom. The van der Waals surface area contributed by atoms with Crippen molar-refractivity contribution in [1.82, 2.24) is 19.6 Å². The second-order valence-corrected chi connectivity index (χ2v) is 8.42. The first-order valence-corrected chi connectivity index (χ1v) is 10.6. The van der Waals surface area contributed by atoms with Crippen molar-refractivity contribution in [2.45, 2.75) is 22.1 Å². The molecule has 0 unspecified atom stereocenters. The van der Waals surface area contributed by atoms with Gasteiger partial charge in [-0.05, 0) is 30.3 Å². The molecule has 0 bridgehead atoms. The van der Waals surface area contributed by atoms with Gasteiger partial charge < -0.3 is 15.1 Å². The number of hydrogen-bond acceptors (Lipinski definition) is 8. The van der Waals surface area contributed by atoms with Crippen LogP contribution in [0.1, 0.15) is 5.56 Å². The summed E-state index contributed by atoms with van der Waals surface area (Å²) >= 11 is 1.13. The number of pyridine rings is 3. The summed E-state index contributed by atoms with van der Waals surface area (Å²) in [5.41, 5.74) is 2.55. The van der Waals surface area contributed by atoms with Crippen molar-refractivity contribution in [3.63, 3.8) is 0 Å². The van der Waals surface area contributed by atoms with E-state index in [1.807, 2.05) is 23.1 Å². The zero-order chi connectivity index (χ0) is 22.2. The van der Waals surface area contributed by atoms with Crippen LogP contribution < -0.4 is 4.90 Å². The normalized spacial score (nSPS) is 18.2. The molecule has 1 aliphatic rings. The van der Waals surface area contributed by atoms with E-state index in [1.165, 1.54) is 24.5 Å². The Kier molecular flexibility index (Phi) is 5.22. The molecule has 1 aliphatic heterocycles. The number of aromatic nitrogens is 4. The van der Waals surface area contributed by atoms with Gasteiger partial charge in [0, 0.05) is 47.7 Å². The fourth-order valence-electron chi connectivity index (χ4n) is 3.65. The number of β-amino-alcohol motifs (C(OH)–C–C–N with tert-alkyl or cyclic N) is 2. The first-order chi connectivity index (χ1) is 15.5. The summed E-state index contributed by atoms with van der Waals surface area (Å²) in [6, 6.07) is 10.5. The Bertz CT molecular complexity index is 1330. The van der Waals surface area contributed by atoms with Crippen molar-refractivity contribution >= 4 is 23.1 Å². The third kappa shape index (κ3) is 3.67. The Hall–Kier alpha value is -3.52. The molecule has 8 nitrogen and oxygen atoms in total. The van der Waals surface area contributed by atoms with Crippen molar-refractivity contribution in [2.24, 2.45) is 0 Å². The summed E-state index contributed by atoms with van der Waals surface area (Å²) in [7, 11) is 0. The highest BCUT2D eigenvalue weighted by Gasteiger charge is 2.30. The predicted octanol–water partition coefficient (Wildman–Crippen LogP) is 2.50. The minimum atomic E-state index is -0.792. The van der Waals surface area contributed by atoms with Crippen LogP contribution in [0.3, 0.4) is 0 Å². The quantitative estimate of drug-likeness (QED) is 0.490. The monoisotopic (exact) mass is 448 g/mol. The Morgan fingerprint density at radius 1 is 1.09 bits per heavy atom. The van der Waals surface area contributed by atoms with Gasteiger partial charge in [-0.1, -0.05) is 11.8 Å². The van der Waals surface area contributed by atoms with E-state index in [0.29, 0.717) is 34.9 Å². The molecule has 1 fully saturated rings. The molecular formula is C22H17FN6O2S. The summed E-state index contributed by atoms with van der Waals surface area (Å²) in [4.78, 5) is 11.0. The highest BCUT2D eigenvalue weighted by Crippen LogP contribution is 2.36. The number of aliphatic hydroxyl groups is 2. The number of aliphatic hydroxyl groups excluding tert-OH is 2. The van der Waals surface area contributed by atoms with Gasteiger partial charge in [-0.2, -0.15) is 10.4 Å². The fraction of sp³-hybridized carbons (Fsp3) is 0.182. The van der Waals surface area contributed by atoms with E-state index >= 15 is 0 Å². The third-order valence-corrected chi connectivity index (χ3v) is 6.32. The van der Waals surface area contributed by atoms with Gasteiger partial charge in [0.25, 0.3) is 0 Å². The molecule has 0 amide bonds. The predicted molar refractivity (Wildman–Crippen MR) is 116 cm³/mol. The molecule has 4 aromatic heterocycles. The molecule has 0 aromatic carbocycles. The average molecular weight is 448 g/mol. The number of hydrogen-bond donors (Lipinski definition) is 2. The van der Waals surface area contributed by atoms with Crippen LogP contribution in [-0.4, -0.2) is 55.1 Å². The van der Waals surface area contributed by atoms with Crippen LogP contribution in [0.15, 0.2) is 65.0 Å². The van der Waals surface area contributed by atoms with Crippen molar-refractivity contribution < 1.29 is 14.6 Å². The maximum Gasteiger partial charge on any atom is 0.155 e. The van der Waals surface area contributed by atoms with Gasteiger partial charge in [0.2, 0.25) is 0 Å². The summed E-state index contributed by atoms with van der Waals surface area (Å²) < 4.78 is 15.8.